The molecule has 0 saturated carbocycles. The largest absolute Gasteiger partial charge is 0.368 e. The second kappa shape index (κ2) is 3.38. The van der Waals surface area contributed by atoms with Gasteiger partial charge in [0.15, 0.2) is 5.82 Å². The maximum Gasteiger partial charge on any atom is 0.157 e. The lowest BCUT2D eigenvalue weighted by atomic mass is 10.2. The molecule has 0 amide bonds. The minimum absolute atomic E-state index is 0.619. The van der Waals surface area contributed by atoms with Crippen LogP contribution in [-0.2, 0) is 6.54 Å². The molecule has 4 nitrogen and oxygen atoms in total. The summed E-state index contributed by atoms with van der Waals surface area (Å²) in [5.41, 5.74) is 2.08. The average Bonchev–Trinajstić information content (AvgIpc) is 2.60. The van der Waals surface area contributed by atoms with Crippen molar-refractivity contribution in [2.45, 2.75) is 13.5 Å². The van der Waals surface area contributed by atoms with Crippen LogP contribution in [0.2, 0.25) is 0 Å². The van der Waals surface area contributed by atoms with E-state index < -0.39 is 0 Å². The Morgan fingerprint density at radius 1 is 1.31 bits per heavy atom. The first kappa shape index (κ1) is 9.47. The van der Waals surface area contributed by atoms with E-state index in [0.717, 1.165) is 27.9 Å². The number of benzene rings is 1. The molecule has 0 saturated heterocycles. The first-order chi connectivity index (χ1) is 7.77. The summed E-state index contributed by atoms with van der Waals surface area (Å²) >= 11 is 5.33. The molecular weight excluding hydrogens is 220 g/mol. The number of para-hydroxylation sites is 1. The molecule has 1 aromatic carbocycles. The van der Waals surface area contributed by atoms with Gasteiger partial charge in [0.1, 0.15) is 10.8 Å². The van der Waals surface area contributed by atoms with Crippen LogP contribution in [0.4, 0.5) is 0 Å². The zero-order chi connectivity index (χ0) is 11.1. The van der Waals surface area contributed by atoms with Crippen molar-refractivity contribution in [1.29, 1.82) is 0 Å². The first-order valence-corrected chi connectivity index (χ1v) is 5.46. The van der Waals surface area contributed by atoms with Crippen molar-refractivity contribution in [3.05, 3.63) is 41.5 Å². The number of hydrogen-bond acceptors (Lipinski definition) is 3. The fourth-order valence-electron chi connectivity index (χ4n) is 1.95. The number of fused-ring (bicyclic) bond motifs is 3. The Bertz CT molecular complexity index is 573. The zero-order valence-corrected chi connectivity index (χ0v) is 9.58. The van der Waals surface area contributed by atoms with Crippen LogP contribution in [0.1, 0.15) is 17.2 Å². The van der Waals surface area contributed by atoms with E-state index >= 15 is 0 Å². The van der Waals surface area contributed by atoms with Gasteiger partial charge in [0.25, 0.3) is 0 Å². The molecule has 5 heteroatoms. The van der Waals surface area contributed by atoms with Gasteiger partial charge in [-0.3, -0.25) is 4.57 Å². The molecule has 0 atom stereocenters. The van der Waals surface area contributed by atoms with Gasteiger partial charge in [0, 0.05) is 5.56 Å². The van der Waals surface area contributed by atoms with E-state index in [-0.39, 0.29) is 0 Å². The Kier molecular flexibility index (Phi) is 2.00. The van der Waals surface area contributed by atoms with Crippen LogP contribution in [0.5, 0.6) is 0 Å². The highest BCUT2D eigenvalue weighted by Crippen LogP contribution is 2.20. The zero-order valence-electron chi connectivity index (χ0n) is 8.77. The molecule has 1 aromatic heterocycles. The molecule has 0 radical (unpaired) electrons. The Balaban J connectivity index is 2.35. The van der Waals surface area contributed by atoms with Crippen molar-refractivity contribution < 1.29 is 0 Å². The highest BCUT2D eigenvalue weighted by molar-refractivity contribution is 7.80. The topological polar surface area (TPSA) is 42.7 Å². The molecule has 2 heterocycles. The van der Waals surface area contributed by atoms with Crippen molar-refractivity contribution in [2.75, 3.05) is 0 Å². The predicted octanol–water partition coefficient (Wildman–Crippen LogP) is 1.35. The summed E-state index contributed by atoms with van der Waals surface area (Å²) in [6.07, 6.45) is 0. The first-order valence-electron chi connectivity index (χ1n) is 5.06. The van der Waals surface area contributed by atoms with Crippen molar-refractivity contribution >= 4 is 17.2 Å². The molecule has 0 unspecified atom stereocenters. The van der Waals surface area contributed by atoms with Gasteiger partial charge in [-0.2, -0.15) is 0 Å². The lowest BCUT2D eigenvalue weighted by Gasteiger charge is -2.08. The smallest absolute Gasteiger partial charge is 0.157 e. The van der Waals surface area contributed by atoms with Crippen molar-refractivity contribution in [2.24, 2.45) is 0 Å². The highest BCUT2D eigenvalue weighted by Gasteiger charge is 2.19. The number of nitrogens with zero attached hydrogens (tertiary/aromatic N) is 3. The van der Waals surface area contributed by atoms with E-state index in [4.69, 9.17) is 12.2 Å². The van der Waals surface area contributed by atoms with E-state index in [1.807, 2.05) is 35.8 Å². The number of thiocarbonyl (C=S) groups is 1. The number of nitrogens with one attached hydrogen (secondary N) is 1. The number of aryl methyl sites for hydroxylation is 1. The molecular formula is C11H10N4S. The van der Waals surface area contributed by atoms with Crippen LogP contribution in [0.3, 0.4) is 0 Å². The third-order valence-electron chi connectivity index (χ3n) is 2.69. The second-order valence-electron chi connectivity index (χ2n) is 3.70. The van der Waals surface area contributed by atoms with Crippen LogP contribution >= 0.6 is 12.2 Å². The maximum absolute atomic E-state index is 5.33. The van der Waals surface area contributed by atoms with E-state index in [1.54, 1.807) is 0 Å². The van der Waals surface area contributed by atoms with Crippen LogP contribution in [-0.4, -0.2) is 19.8 Å². The molecule has 1 aliphatic rings. The Hall–Kier alpha value is -1.75. The monoisotopic (exact) mass is 230 g/mol. The summed E-state index contributed by atoms with van der Waals surface area (Å²) < 4.78 is 2.04. The number of aromatic nitrogens is 3. The maximum atomic E-state index is 5.33. The van der Waals surface area contributed by atoms with Gasteiger partial charge >= 0.3 is 0 Å². The SMILES string of the molecule is Cc1nnc2n1-c1ccccc1C(=S)NC2. The molecule has 0 aliphatic carbocycles. The molecule has 1 aliphatic heterocycles. The van der Waals surface area contributed by atoms with Gasteiger partial charge in [-0.15, -0.1) is 10.2 Å². The summed E-state index contributed by atoms with van der Waals surface area (Å²) in [7, 11) is 0. The van der Waals surface area contributed by atoms with Crippen molar-refractivity contribution in [1.82, 2.24) is 20.1 Å². The van der Waals surface area contributed by atoms with Crippen LogP contribution in [0.15, 0.2) is 24.3 Å². The van der Waals surface area contributed by atoms with Gasteiger partial charge in [-0.05, 0) is 19.1 Å². The third-order valence-corrected chi connectivity index (χ3v) is 3.05. The van der Waals surface area contributed by atoms with Gasteiger partial charge < -0.3 is 5.32 Å². The lowest BCUT2D eigenvalue weighted by Crippen LogP contribution is -2.20. The Labute approximate surface area is 98.3 Å². The van der Waals surface area contributed by atoms with E-state index in [1.165, 1.54) is 0 Å². The summed E-state index contributed by atoms with van der Waals surface area (Å²) in [6, 6.07) is 8.03. The highest BCUT2D eigenvalue weighted by atomic mass is 32.1. The van der Waals surface area contributed by atoms with Crippen molar-refractivity contribution in [3.63, 3.8) is 0 Å². The molecule has 0 fully saturated rings. The van der Waals surface area contributed by atoms with Gasteiger partial charge in [-0.25, -0.2) is 0 Å². The molecule has 1 N–H and O–H groups in total. The molecule has 16 heavy (non-hydrogen) atoms. The van der Waals surface area contributed by atoms with Crippen LogP contribution in [0.25, 0.3) is 5.69 Å². The quantitative estimate of drug-likeness (QED) is 0.694. The summed E-state index contributed by atoms with van der Waals surface area (Å²) in [5, 5.41) is 11.4. The number of hydrogen-bond donors (Lipinski definition) is 1. The molecule has 2 aromatic rings. The Morgan fingerprint density at radius 2 is 2.12 bits per heavy atom. The summed E-state index contributed by atoms with van der Waals surface area (Å²) in [5.74, 6) is 1.78. The lowest BCUT2D eigenvalue weighted by molar-refractivity contribution is 0.809. The van der Waals surface area contributed by atoms with Gasteiger partial charge in [0.05, 0.1) is 12.2 Å². The minimum atomic E-state index is 0.619. The molecule has 0 spiro atoms. The molecule has 0 bridgehead atoms. The van der Waals surface area contributed by atoms with E-state index in [2.05, 4.69) is 15.5 Å². The fourth-order valence-corrected chi connectivity index (χ4v) is 2.19. The predicted molar refractivity (Wildman–Crippen MR) is 64.6 cm³/mol. The molecule has 80 valence electrons. The van der Waals surface area contributed by atoms with Gasteiger partial charge in [0.2, 0.25) is 0 Å². The Morgan fingerprint density at radius 3 is 3.00 bits per heavy atom. The average molecular weight is 230 g/mol. The molecule has 3 rings (SSSR count). The second-order valence-corrected chi connectivity index (χ2v) is 4.11. The van der Waals surface area contributed by atoms with Crippen molar-refractivity contribution in [3.8, 4) is 5.69 Å². The summed E-state index contributed by atoms with van der Waals surface area (Å²) in [4.78, 5) is 0.764. The number of rotatable bonds is 0. The normalized spacial score (nSPS) is 13.7. The van der Waals surface area contributed by atoms with E-state index in [0.29, 0.717) is 6.54 Å². The third kappa shape index (κ3) is 1.25. The van der Waals surface area contributed by atoms with Crippen LogP contribution < -0.4 is 5.32 Å². The fraction of sp³-hybridized carbons (Fsp3) is 0.182. The van der Waals surface area contributed by atoms with Gasteiger partial charge in [-0.1, -0.05) is 24.4 Å². The minimum Gasteiger partial charge on any atom is -0.368 e. The standard InChI is InChI=1S/C11H10N4S/c1-7-13-14-10-6-12-11(16)8-4-2-3-5-9(8)15(7)10/h2-5H,6H2,1H3,(H,12,16). The van der Waals surface area contributed by atoms with Crippen LogP contribution in [0, 0.1) is 6.92 Å². The summed E-state index contributed by atoms with van der Waals surface area (Å²) in [6.45, 7) is 2.57. The van der Waals surface area contributed by atoms with E-state index in [9.17, 15) is 0 Å².